The summed E-state index contributed by atoms with van der Waals surface area (Å²) in [5, 5.41) is 13.0. The Morgan fingerprint density at radius 1 is 0.974 bits per heavy atom. The van der Waals surface area contributed by atoms with Gasteiger partial charge in [0, 0.05) is 40.3 Å². The number of hydrogen-bond acceptors (Lipinski definition) is 4. The standard InChI is InChI=1S/C24H25N3.C9H9N.C2H6/c1-15(2)24(16(3)4)26-18(6)20-13-23(19-8-7-11-25-14-19)27-22-10-9-17(5)12-21(20)22;1-2-8-3-5-9(7-10)6-4-8;1-2/h7-14,26H,1,6H2,2-5H3;3-6H,2H2,1H3;1-2H3. The molecule has 1 N–H and O–H groups in total. The van der Waals surface area contributed by atoms with E-state index in [2.05, 4.69) is 81.5 Å². The zero-order valence-corrected chi connectivity index (χ0v) is 24.4. The maximum absolute atomic E-state index is 8.45. The molecule has 0 aliphatic carbocycles. The summed E-state index contributed by atoms with van der Waals surface area (Å²) in [6.45, 7) is 22.7. The Kier molecular flexibility index (Phi) is 11.9. The molecule has 200 valence electrons. The topological polar surface area (TPSA) is 61.6 Å². The van der Waals surface area contributed by atoms with Gasteiger partial charge in [-0.25, -0.2) is 4.98 Å². The van der Waals surface area contributed by atoms with Crippen LogP contribution >= 0.6 is 0 Å². The van der Waals surface area contributed by atoms with Crippen LogP contribution in [-0.4, -0.2) is 9.97 Å². The third kappa shape index (κ3) is 8.51. The van der Waals surface area contributed by atoms with Crippen LogP contribution in [0.15, 0.2) is 103 Å². The van der Waals surface area contributed by atoms with E-state index in [0.717, 1.165) is 56.7 Å². The quantitative estimate of drug-likeness (QED) is 0.259. The minimum atomic E-state index is 0.734. The highest BCUT2D eigenvalue weighted by molar-refractivity contribution is 5.93. The van der Waals surface area contributed by atoms with Gasteiger partial charge in [0.25, 0.3) is 0 Å². The van der Waals surface area contributed by atoms with Crippen LogP contribution in [0.3, 0.4) is 0 Å². The number of fused-ring (bicyclic) bond motifs is 1. The fourth-order valence-electron chi connectivity index (χ4n) is 3.94. The second kappa shape index (κ2) is 15.1. The van der Waals surface area contributed by atoms with Gasteiger partial charge in [0.2, 0.25) is 0 Å². The van der Waals surface area contributed by atoms with Crippen molar-refractivity contribution < 1.29 is 0 Å². The van der Waals surface area contributed by atoms with Crippen molar-refractivity contribution >= 4 is 16.6 Å². The maximum Gasteiger partial charge on any atom is 0.0991 e. The van der Waals surface area contributed by atoms with Gasteiger partial charge in [-0.3, -0.25) is 4.98 Å². The van der Waals surface area contributed by atoms with Gasteiger partial charge in [0.1, 0.15) is 0 Å². The first kappa shape index (κ1) is 30.7. The number of nitrogens with zero attached hydrogens (tertiary/aromatic N) is 3. The molecule has 2 heterocycles. The molecule has 0 aliphatic rings. The first-order valence-electron chi connectivity index (χ1n) is 13.3. The molecule has 0 aliphatic heterocycles. The van der Waals surface area contributed by atoms with E-state index in [0.29, 0.717) is 0 Å². The van der Waals surface area contributed by atoms with Crippen molar-refractivity contribution in [3.63, 3.8) is 0 Å². The third-order valence-electron chi connectivity index (χ3n) is 5.94. The number of allylic oxidation sites excluding steroid dienone is 2. The van der Waals surface area contributed by atoms with E-state index in [1.807, 2.05) is 63.4 Å². The van der Waals surface area contributed by atoms with Crippen LogP contribution in [0.4, 0.5) is 0 Å². The molecular weight excluding hydrogens is 476 g/mol. The number of nitriles is 1. The third-order valence-corrected chi connectivity index (χ3v) is 5.94. The summed E-state index contributed by atoms with van der Waals surface area (Å²) in [5.74, 6) is 0. The van der Waals surface area contributed by atoms with Gasteiger partial charge < -0.3 is 5.32 Å². The molecule has 2 aromatic carbocycles. The Morgan fingerprint density at radius 2 is 1.67 bits per heavy atom. The zero-order chi connectivity index (χ0) is 28.9. The molecule has 0 radical (unpaired) electrons. The van der Waals surface area contributed by atoms with Crippen LogP contribution < -0.4 is 5.32 Å². The second-order valence-corrected chi connectivity index (χ2v) is 9.24. The van der Waals surface area contributed by atoms with Gasteiger partial charge in [-0.15, -0.1) is 0 Å². The molecule has 0 amide bonds. The van der Waals surface area contributed by atoms with E-state index in [1.165, 1.54) is 16.7 Å². The lowest BCUT2D eigenvalue weighted by Crippen LogP contribution is -2.13. The summed E-state index contributed by atoms with van der Waals surface area (Å²) in [5.41, 5.74) is 11.0. The summed E-state index contributed by atoms with van der Waals surface area (Å²) in [4.78, 5) is 9.07. The fourth-order valence-corrected chi connectivity index (χ4v) is 3.94. The molecule has 4 nitrogen and oxygen atoms in total. The van der Waals surface area contributed by atoms with Crippen molar-refractivity contribution in [2.45, 2.75) is 54.9 Å². The van der Waals surface area contributed by atoms with Gasteiger partial charge in [-0.05, 0) is 87.7 Å². The lowest BCUT2D eigenvalue weighted by Gasteiger charge is -2.18. The summed E-state index contributed by atoms with van der Waals surface area (Å²) in [6, 6.07) is 22.1. The van der Waals surface area contributed by atoms with Crippen molar-refractivity contribution in [3.8, 4) is 17.3 Å². The lowest BCUT2D eigenvalue weighted by molar-refractivity contribution is 1.05. The molecule has 4 aromatic rings. The number of nitrogens with one attached hydrogen (secondary N) is 1. The number of benzene rings is 2. The highest BCUT2D eigenvalue weighted by Gasteiger charge is 2.12. The number of rotatable bonds is 6. The van der Waals surface area contributed by atoms with Crippen molar-refractivity contribution in [2.75, 3.05) is 0 Å². The van der Waals surface area contributed by atoms with E-state index in [9.17, 15) is 0 Å². The Morgan fingerprint density at radius 3 is 2.21 bits per heavy atom. The van der Waals surface area contributed by atoms with Crippen LogP contribution in [-0.2, 0) is 6.42 Å². The molecule has 4 heteroatoms. The van der Waals surface area contributed by atoms with E-state index in [4.69, 9.17) is 10.2 Å². The molecular formula is C35H40N4. The van der Waals surface area contributed by atoms with Crippen LogP contribution in [0.25, 0.3) is 27.9 Å². The molecule has 0 saturated heterocycles. The average molecular weight is 517 g/mol. The molecule has 0 fully saturated rings. The molecule has 4 rings (SSSR count). The Hall–Kier alpha value is -4.49. The van der Waals surface area contributed by atoms with Crippen molar-refractivity contribution in [1.29, 1.82) is 5.26 Å². The van der Waals surface area contributed by atoms with Crippen molar-refractivity contribution in [3.05, 3.63) is 125 Å². The fraction of sp³-hybridized carbons (Fsp3) is 0.229. The molecule has 39 heavy (non-hydrogen) atoms. The number of aromatic nitrogens is 2. The first-order chi connectivity index (χ1) is 18.7. The monoisotopic (exact) mass is 516 g/mol. The van der Waals surface area contributed by atoms with Gasteiger partial charge in [-0.1, -0.05) is 63.3 Å². The predicted molar refractivity (Wildman–Crippen MR) is 167 cm³/mol. The lowest BCUT2D eigenvalue weighted by atomic mass is 10.0. The van der Waals surface area contributed by atoms with E-state index in [1.54, 1.807) is 6.20 Å². The number of pyridine rings is 2. The predicted octanol–water partition coefficient (Wildman–Crippen LogP) is 9.18. The maximum atomic E-state index is 8.45. The molecule has 0 bridgehead atoms. The van der Waals surface area contributed by atoms with Crippen LogP contribution in [0.5, 0.6) is 0 Å². The van der Waals surface area contributed by atoms with Crippen molar-refractivity contribution in [2.24, 2.45) is 0 Å². The normalized spacial score (nSPS) is 9.69. The number of hydrogen-bond donors (Lipinski definition) is 1. The second-order valence-electron chi connectivity index (χ2n) is 9.24. The smallest absolute Gasteiger partial charge is 0.0991 e. The minimum Gasteiger partial charge on any atom is -0.355 e. The summed E-state index contributed by atoms with van der Waals surface area (Å²) in [7, 11) is 0. The minimum absolute atomic E-state index is 0.734. The zero-order valence-electron chi connectivity index (χ0n) is 24.4. The first-order valence-corrected chi connectivity index (χ1v) is 13.3. The van der Waals surface area contributed by atoms with E-state index < -0.39 is 0 Å². The van der Waals surface area contributed by atoms with E-state index in [-0.39, 0.29) is 0 Å². The summed E-state index contributed by atoms with van der Waals surface area (Å²) < 4.78 is 0. The highest BCUT2D eigenvalue weighted by Crippen LogP contribution is 2.29. The Balaban J connectivity index is 0.000000372. The highest BCUT2D eigenvalue weighted by atomic mass is 14.9. The molecule has 0 saturated carbocycles. The Bertz CT molecular complexity index is 1480. The SMILES string of the molecule is C=C(C)C(NC(=C)c1cc(-c2cccnc2)nc2ccc(C)cc12)=C(C)C.CC.CCc1ccc(C#N)cc1. The van der Waals surface area contributed by atoms with Gasteiger partial charge in [-0.2, -0.15) is 5.26 Å². The Labute approximate surface area is 234 Å². The average Bonchev–Trinajstić information content (AvgIpc) is 2.96. The van der Waals surface area contributed by atoms with Crippen LogP contribution in [0.2, 0.25) is 0 Å². The summed E-state index contributed by atoms with van der Waals surface area (Å²) >= 11 is 0. The molecule has 0 unspecified atom stereocenters. The molecule has 2 aromatic heterocycles. The molecule has 0 spiro atoms. The van der Waals surface area contributed by atoms with Gasteiger partial charge >= 0.3 is 0 Å². The number of aryl methyl sites for hydroxylation is 2. The van der Waals surface area contributed by atoms with Gasteiger partial charge in [0.15, 0.2) is 0 Å². The summed E-state index contributed by atoms with van der Waals surface area (Å²) in [6.07, 6.45) is 4.63. The van der Waals surface area contributed by atoms with Crippen molar-refractivity contribution in [1.82, 2.24) is 15.3 Å². The van der Waals surface area contributed by atoms with Gasteiger partial charge in [0.05, 0.1) is 22.8 Å². The van der Waals surface area contributed by atoms with Crippen LogP contribution in [0.1, 0.15) is 63.8 Å². The van der Waals surface area contributed by atoms with E-state index >= 15 is 0 Å². The molecule has 0 atom stereocenters. The largest absolute Gasteiger partial charge is 0.355 e. The van der Waals surface area contributed by atoms with Crippen LogP contribution in [0, 0.1) is 18.3 Å².